The van der Waals surface area contributed by atoms with Crippen LogP contribution in [0.4, 0.5) is 4.39 Å². The minimum atomic E-state index is -0.921. The van der Waals surface area contributed by atoms with E-state index in [1.54, 1.807) is 0 Å². The van der Waals surface area contributed by atoms with E-state index in [9.17, 15) is 9.50 Å². The molecular formula is C18H20FNO2. The summed E-state index contributed by atoms with van der Waals surface area (Å²) in [5, 5.41) is 12.8. The van der Waals surface area contributed by atoms with Crippen molar-refractivity contribution in [2.45, 2.75) is 25.1 Å². The standard InChI is InChI=1S/C18H20FNO2/c1-13-4-2-3-5-17(13)22-16-8-6-14(7-9-16)18(12-21)10-15(19)11-20-18/h2-9,15,20-21H,10-12H2,1H3/t15-,18+/m0/s1. The topological polar surface area (TPSA) is 41.5 Å². The van der Waals surface area contributed by atoms with Crippen LogP contribution in [0.2, 0.25) is 0 Å². The zero-order valence-corrected chi connectivity index (χ0v) is 12.6. The van der Waals surface area contributed by atoms with Crippen molar-refractivity contribution in [3.8, 4) is 11.5 Å². The van der Waals surface area contributed by atoms with Gasteiger partial charge in [-0.25, -0.2) is 4.39 Å². The molecule has 0 unspecified atom stereocenters. The van der Waals surface area contributed by atoms with E-state index in [0.29, 0.717) is 6.42 Å². The van der Waals surface area contributed by atoms with Crippen molar-refractivity contribution in [3.63, 3.8) is 0 Å². The number of hydrogen-bond acceptors (Lipinski definition) is 3. The van der Waals surface area contributed by atoms with E-state index in [-0.39, 0.29) is 13.2 Å². The Hall–Kier alpha value is -1.91. The fraction of sp³-hybridized carbons (Fsp3) is 0.333. The Kier molecular flexibility index (Phi) is 4.14. The molecule has 22 heavy (non-hydrogen) atoms. The number of hydrogen-bond donors (Lipinski definition) is 2. The summed E-state index contributed by atoms with van der Waals surface area (Å²) in [7, 11) is 0. The number of halogens is 1. The SMILES string of the molecule is Cc1ccccc1Oc1ccc([C@]2(CO)C[C@H](F)CN2)cc1. The number of para-hydroxylation sites is 1. The van der Waals surface area contributed by atoms with Gasteiger partial charge in [0.2, 0.25) is 0 Å². The molecule has 0 spiro atoms. The van der Waals surface area contributed by atoms with Crippen LogP contribution in [0.3, 0.4) is 0 Å². The van der Waals surface area contributed by atoms with Crippen molar-refractivity contribution < 1.29 is 14.2 Å². The summed E-state index contributed by atoms with van der Waals surface area (Å²) >= 11 is 0. The molecule has 2 aromatic carbocycles. The van der Waals surface area contributed by atoms with E-state index < -0.39 is 11.7 Å². The van der Waals surface area contributed by atoms with Gasteiger partial charge in [0.15, 0.2) is 0 Å². The first kappa shape index (κ1) is 15.0. The molecule has 1 aliphatic heterocycles. The average Bonchev–Trinajstić information content (AvgIpc) is 2.93. The van der Waals surface area contributed by atoms with Crippen LogP contribution in [0.1, 0.15) is 17.5 Å². The molecular weight excluding hydrogens is 281 g/mol. The lowest BCUT2D eigenvalue weighted by atomic mass is 9.89. The van der Waals surface area contributed by atoms with Crippen LogP contribution in [0, 0.1) is 6.92 Å². The molecule has 3 nitrogen and oxygen atoms in total. The van der Waals surface area contributed by atoms with Crippen LogP contribution in [0.5, 0.6) is 11.5 Å². The first-order chi connectivity index (χ1) is 10.6. The number of benzene rings is 2. The van der Waals surface area contributed by atoms with Gasteiger partial charge < -0.3 is 15.2 Å². The Balaban J connectivity index is 1.80. The van der Waals surface area contributed by atoms with Gasteiger partial charge in [-0.2, -0.15) is 0 Å². The van der Waals surface area contributed by atoms with Gasteiger partial charge in [0, 0.05) is 13.0 Å². The van der Waals surface area contributed by atoms with Crippen molar-refractivity contribution in [2.24, 2.45) is 0 Å². The summed E-state index contributed by atoms with van der Waals surface area (Å²) in [5.74, 6) is 1.54. The number of aliphatic hydroxyl groups excluding tert-OH is 1. The zero-order valence-electron chi connectivity index (χ0n) is 12.6. The molecule has 1 fully saturated rings. The highest BCUT2D eigenvalue weighted by Crippen LogP contribution is 2.33. The number of ether oxygens (including phenoxy) is 1. The number of nitrogens with one attached hydrogen (secondary N) is 1. The first-order valence-corrected chi connectivity index (χ1v) is 7.47. The summed E-state index contributed by atoms with van der Waals surface area (Å²) in [6.07, 6.45) is -0.628. The Morgan fingerprint density at radius 3 is 2.55 bits per heavy atom. The Morgan fingerprint density at radius 1 is 1.23 bits per heavy atom. The van der Waals surface area contributed by atoms with Crippen LogP contribution in [0.25, 0.3) is 0 Å². The van der Waals surface area contributed by atoms with Gasteiger partial charge in [-0.1, -0.05) is 30.3 Å². The van der Waals surface area contributed by atoms with E-state index in [1.165, 1.54) is 0 Å². The molecule has 1 aliphatic rings. The number of aryl methyl sites for hydroxylation is 1. The molecule has 0 saturated carbocycles. The third-order valence-corrected chi connectivity index (χ3v) is 4.23. The minimum Gasteiger partial charge on any atom is -0.457 e. The molecule has 2 N–H and O–H groups in total. The van der Waals surface area contributed by atoms with Gasteiger partial charge in [0.05, 0.1) is 12.1 Å². The maximum atomic E-state index is 13.5. The van der Waals surface area contributed by atoms with E-state index in [0.717, 1.165) is 22.6 Å². The highest BCUT2D eigenvalue weighted by Gasteiger charge is 2.39. The molecule has 1 heterocycles. The first-order valence-electron chi connectivity index (χ1n) is 7.47. The third kappa shape index (κ3) is 2.85. The van der Waals surface area contributed by atoms with Crippen molar-refractivity contribution in [1.82, 2.24) is 5.32 Å². The van der Waals surface area contributed by atoms with Crippen molar-refractivity contribution in [3.05, 3.63) is 59.7 Å². The number of alkyl halides is 1. The minimum absolute atomic E-state index is 0.120. The monoisotopic (exact) mass is 301 g/mol. The summed E-state index contributed by atoms with van der Waals surface area (Å²) in [4.78, 5) is 0. The molecule has 3 rings (SSSR count). The van der Waals surface area contributed by atoms with Gasteiger partial charge >= 0.3 is 0 Å². The summed E-state index contributed by atoms with van der Waals surface area (Å²) < 4.78 is 19.4. The van der Waals surface area contributed by atoms with Crippen LogP contribution >= 0.6 is 0 Å². The molecule has 116 valence electrons. The van der Waals surface area contributed by atoms with Crippen LogP contribution in [0.15, 0.2) is 48.5 Å². The molecule has 4 heteroatoms. The molecule has 2 aromatic rings. The highest BCUT2D eigenvalue weighted by atomic mass is 19.1. The van der Waals surface area contributed by atoms with E-state index in [4.69, 9.17) is 4.74 Å². The quantitative estimate of drug-likeness (QED) is 0.910. The second-order valence-corrected chi connectivity index (χ2v) is 5.81. The van der Waals surface area contributed by atoms with Crippen molar-refractivity contribution in [2.75, 3.05) is 13.2 Å². The highest BCUT2D eigenvalue weighted by molar-refractivity contribution is 5.39. The third-order valence-electron chi connectivity index (χ3n) is 4.23. The Bertz CT molecular complexity index is 644. The van der Waals surface area contributed by atoms with Gasteiger partial charge in [-0.05, 0) is 36.2 Å². The lowest BCUT2D eigenvalue weighted by Crippen LogP contribution is -2.40. The summed E-state index contributed by atoms with van der Waals surface area (Å²) in [5.41, 5.74) is 1.27. The van der Waals surface area contributed by atoms with E-state index in [1.807, 2.05) is 55.5 Å². The van der Waals surface area contributed by atoms with Gasteiger partial charge in [0.1, 0.15) is 17.7 Å². The van der Waals surface area contributed by atoms with E-state index >= 15 is 0 Å². The molecule has 0 aliphatic carbocycles. The normalized spacial score (nSPS) is 24.4. The smallest absolute Gasteiger partial charge is 0.130 e. The molecule has 0 radical (unpaired) electrons. The van der Waals surface area contributed by atoms with Crippen molar-refractivity contribution >= 4 is 0 Å². The Morgan fingerprint density at radius 2 is 1.95 bits per heavy atom. The van der Waals surface area contributed by atoms with Crippen LogP contribution in [-0.2, 0) is 5.54 Å². The van der Waals surface area contributed by atoms with Gasteiger partial charge in [-0.15, -0.1) is 0 Å². The molecule has 1 saturated heterocycles. The molecule has 2 atom stereocenters. The summed E-state index contributed by atoms with van der Waals surface area (Å²) in [6.45, 7) is 2.15. The van der Waals surface area contributed by atoms with Crippen LogP contribution < -0.4 is 10.1 Å². The fourth-order valence-corrected chi connectivity index (χ4v) is 2.90. The fourth-order valence-electron chi connectivity index (χ4n) is 2.90. The van der Waals surface area contributed by atoms with Crippen molar-refractivity contribution in [1.29, 1.82) is 0 Å². The second-order valence-electron chi connectivity index (χ2n) is 5.81. The average molecular weight is 301 g/mol. The maximum absolute atomic E-state index is 13.5. The predicted molar refractivity (Wildman–Crippen MR) is 84.0 cm³/mol. The molecule has 0 aromatic heterocycles. The van der Waals surface area contributed by atoms with Gasteiger partial charge in [0.25, 0.3) is 0 Å². The number of rotatable bonds is 4. The predicted octanol–water partition coefficient (Wildman–Crippen LogP) is 3.31. The summed E-state index contributed by atoms with van der Waals surface area (Å²) in [6, 6.07) is 15.3. The Labute approximate surface area is 129 Å². The zero-order chi connectivity index (χ0) is 15.6. The molecule has 0 bridgehead atoms. The van der Waals surface area contributed by atoms with Gasteiger partial charge in [-0.3, -0.25) is 0 Å². The van der Waals surface area contributed by atoms with Crippen LogP contribution in [-0.4, -0.2) is 24.4 Å². The molecule has 0 amide bonds. The lowest BCUT2D eigenvalue weighted by Gasteiger charge is -2.27. The second kappa shape index (κ2) is 6.07. The maximum Gasteiger partial charge on any atom is 0.130 e. The largest absolute Gasteiger partial charge is 0.457 e. The number of aliphatic hydroxyl groups is 1. The lowest BCUT2D eigenvalue weighted by molar-refractivity contribution is 0.171. The van der Waals surface area contributed by atoms with E-state index in [2.05, 4.69) is 5.32 Å².